The SMILES string of the molecule is C=C(C)C(=O)OCCOP(=O)([O-])OCCN(C)CC. The number of esters is 1. The van der Waals surface area contributed by atoms with Gasteiger partial charge in [-0.1, -0.05) is 13.5 Å². The van der Waals surface area contributed by atoms with Crippen LogP contribution in [0.15, 0.2) is 12.2 Å². The van der Waals surface area contributed by atoms with Crippen molar-refractivity contribution in [1.29, 1.82) is 0 Å². The van der Waals surface area contributed by atoms with E-state index in [0.717, 1.165) is 6.54 Å². The molecule has 0 rings (SSSR count). The lowest BCUT2D eigenvalue weighted by Crippen LogP contribution is -2.23. The third kappa shape index (κ3) is 9.81. The lowest BCUT2D eigenvalue weighted by atomic mass is 10.4. The summed E-state index contributed by atoms with van der Waals surface area (Å²) in [4.78, 5) is 24.2. The van der Waals surface area contributed by atoms with E-state index in [1.54, 1.807) is 0 Å². The zero-order chi connectivity index (χ0) is 14.9. The largest absolute Gasteiger partial charge is 0.756 e. The van der Waals surface area contributed by atoms with Gasteiger partial charge in [0.2, 0.25) is 0 Å². The third-order valence-corrected chi connectivity index (χ3v) is 3.17. The highest BCUT2D eigenvalue weighted by Crippen LogP contribution is 2.37. The number of hydrogen-bond acceptors (Lipinski definition) is 7. The second kappa shape index (κ2) is 9.23. The summed E-state index contributed by atoms with van der Waals surface area (Å²) >= 11 is 0. The van der Waals surface area contributed by atoms with Gasteiger partial charge in [-0.2, -0.15) is 0 Å². The molecule has 0 N–H and O–H groups in total. The van der Waals surface area contributed by atoms with Crippen LogP contribution in [0.2, 0.25) is 0 Å². The molecule has 1 unspecified atom stereocenters. The minimum absolute atomic E-state index is 0.0245. The molecule has 8 heteroatoms. The summed E-state index contributed by atoms with van der Waals surface area (Å²) in [6, 6.07) is 0. The zero-order valence-electron chi connectivity index (χ0n) is 11.6. The number of likely N-dealkylation sites (N-methyl/N-ethyl adjacent to an activating group) is 1. The van der Waals surface area contributed by atoms with Crippen molar-refractivity contribution >= 4 is 13.8 Å². The normalized spacial score (nSPS) is 14.2. The van der Waals surface area contributed by atoms with Crippen LogP contribution in [0.1, 0.15) is 13.8 Å². The van der Waals surface area contributed by atoms with Gasteiger partial charge >= 0.3 is 5.97 Å². The molecular formula is C11H21NO6P-. The van der Waals surface area contributed by atoms with Gasteiger partial charge in [-0.3, -0.25) is 4.57 Å². The second-order valence-corrected chi connectivity index (χ2v) is 5.34. The Morgan fingerprint density at radius 1 is 1.32 bits per heavy atom. The van der Waals surface area contributed by atoms with E-state index in [2.05, 4.69) is 20.4 Å². The first-order valence-corrected chi connectivity index (χ1v) is 7.36. The third-order valence-electron chi connectivity index (χ3n) is 2.18. The molecule has 0 aromatic rings. The summed E-state index contributed by atoms with van der Waals surface area (Å²) in [7, 11) is -2.49. The van der Waals surface area contributed by atoms with Crippen LogP contribution >= 0.6 is 7.82 Å². The molecule has 0 heterocycles. The fourth-order valence-corrected chi connectivity index (χ4v) is 1.59. The Morgan fingerprint density at radius 3 is 2.42 bits per heavy atom. The van der Waals surface area contributed by atoms with Crippen molar-refractivity contribution in [1.82, 2.24) is 4.90 Å². The molecule has 0 amide bonds. The van der Waals surface area contributed by atoms with Crippen molar-refractivity contribution < 1.29 is 28.0 Å². The summed E-state index contributed by atoms with van der Waals surface area (Å²) in [5, 5.41) is 0. The Morgan fingerprint density at radius 2 is 1.89 bits per heavy atom. The number of hydrogen-bond donors (Lipinski definition) is 0. The predicted octanol–water partition coefficient (Wildman–Crippen LogP) is 0.559. The van der Waals surface area contributed by atoms with Gasteiger partial charge in [-0.15, -0.1) is 0 Å². The van der Waals surface area contributed by atoms with Crippen LogP contribution in [0.5, 0.6) is 0 Å². The highest BCUT2D eigenvalue weighted by Gasteiger charge is 2.10. The Kier molecular flexibility index (Phi) is 8.88. The molecule has 112 valence electrons. The lowest BCUT2D eigenvalue weighted by molar-refractivity contribution is -0.226. The molecule has 19 heavy (non-hydrogen) atoms. The van der Waals surface area contributed by atoms with Crippen molar-refractivity contribution in [3.8, 4) is 0 Å². The van der Waals surface area contributed by atoms with Crippen LogP contribution in [0.25, 0.3) is 0 Å². The standard InChI is InChI=1S/C11H22NO6P/c1-5-12(4)6-7-17-19(14,15)18-9-8-16-11(13)10(2)3/h2,5-9H2,1,3-4H3,(H,14,15)/p-1. The molecule has 0 aromatic carbocycles. The number of nitrogens with zero attached hydrogens (tertiary/aromatic N) is 1. The molecule has 0 fully saturated rings. The molecular weight excluding hydrogens is 273 g/mol. The summed E-state index contributed by atoms with van der Waals surface area (Å²) in [5.41, 5.74) is 0.240. The number of carbonyl (C=O) groups is 1. The van der Waals surface area contributed by atoms with Gasteiger partial charge in [0.1, 0.15) is 6.61 Å². The van der Waals surface area contributed by atoms with Crippen molar-refractivity contribution in [2.24, 2.45) is 0 Å². The van der Waals surface area contributed by atoms with Gasteiger partial charge in [0.15, 0.2) is 0 Å². The number of phosphoric acid groups is 1. The van der Waals surface area contributed by atoms with Crippen LogP contribution in [0.4, 0.5) is 0 Å². The van der Waals surface area contributed by atoms with Crippen LogP contribution in [-0.4, -0.2) is 50.8 Å². The molecule has 0 spiro atoms. The van der Waals surface area contributed by atoms with Crippen molar-refractivity contribution in [3.05, 3.63) is 12.2 Å². The maximum absolute atomic E-state index is 11.3. The van der Waals surface area contributed by atoms with Gasteiger partial charge in [0, 0.05) is 12.1 Å². The van der Waals surface area contributed by atoms with Gasteiger partial charge in [0.05, 0.1) is 13.2 Å². The molecule has 0 bridgehead atoms. The lowest BCUT2D eigenvalue weighted by Gasteiger charge is -2.23. The molecule has 0 aliphatic carbocycles. The summed E-state index contributed by atoms with van der Waals surface area (Å²) in [6.45, 7) is 7.69. The summed E-state index contributed by atoms with van der Waals surface area (Å²) in [5.74, 6) is -0.588. The monoisotopic (exact) mass is 294 g/mol. The molecule has 0 saturated carbocycles. The molecule has 1 atom stereocenters. The molecule has 0 saturated heterocycles. The first-order valence-electron chi connectivity index (χ1n) is 5.89. The second-order valence-electron chi connectivity index (χ2n) is 3.93. The summed E-state index contributed by atoms with van der Waals surface area (Å²) < 4.78 is 25.1. The van der Waals surface area contributed by atoms with Gasteiger partial charge in [-0.25, -0.2) is 4.79 Å². The quantitative estimate of drug-likeness (QED) is 0.252. The van der Waals surface area contributed by atoms with E-state index in [9.17, 15) is 14.3 Å². The van der Waals surface area contributed by atoms with Gasteiger partial charge in [0.25, 0.3) is 7.82 Å². The molecule has 0 radical (unpaired) electrons. The average molecular weight is 294 g/mol. The minimum Gasteiger partial charge on any atom is -0.756 e. The fourth-order valence-electron chi connectivity index (χ4n) is 0.910. The highest BCUT2D eigenvalue weighted by molar-refractivity contribution is 7.45. The number of phosphoric ester groups is 1. The van der Waals surface area contributed by atoms with E-state index in [0.29, 0.717) is 6.54 Å². The molecule has 0 aliphatic heterocycles. The van der Waals surface area contributed by atoms with E-state index in [1.165, 1.54) is 6.92 Å². The number of carbonyl (C=O) groups excluding carboxylic acids is 1. The topological polar surface area (TPSA) is 88.1 Å². The number of ether oxygens (including phenoxy) is 1. The minimum atomic E-state index is -4.33. The Balaban J connectivity index is 3.76. The maximum atomic E-state index is 11.3. The van der Waals surface area contributed by atoms with E-state index < -0.39 is 13.8 Å². The van der Waals surface area contributed by atoms with Crippen LogP contribution in [-0.2, 0) is 23.1 Å². The number of rotatable bonds is 10. The molecule has 0 aliphatic rings. The van der Waals surface area contributed by atoms with E-state index in [-0.39, 0.29) is 25.4 Å². The smallest absolute Gasteiger partial charge is 0.333 e. The fraction of sp³-hybridized carbons (Fsp3) is 0.727. The Hall–Kier alpha value is -0.720. The van der Waals surface area contributed by atoms with E-state index >= 15 is 0 Å². The molecule has 7 nitrogen and oxygen atoms in total. The van der Waals surface area contributed by atoms with Gasteiger partial charge < -0.3 is 23.6 Å². The van der Waals surface area contributed by atoms with E-state index in [1.807, 2.05) is 18.9 Å². The predicted molar refractivity (Wildman–Crippen MR) is 68.5 cm³/mol. The Bertz CT molecular complexity index is 346. The first kappa shape index (κ1) is 18.3. The van der Waals surface area contributed by atoms with Crippen LogP contribution in [0, 0.1) is 0 Å². The van der Waals surface area contributed by atoms with Crippen molar-refractivity contribution in [2.45, 2.75) is 13.8 Å². The molecule has 0 aromatic heterocycles. The zero-order valence-corrected chi connectivity index (χ0v) is 12.5. The average Bonchev–Trinajstić information content (AvgIpc) is 2.33. The van der Waals surface area contributed by atoms with Crippen molar-refractivity contribution in [3.63, 3.8) is 0 Å². The van der Waals surface area contributed by atoms with Gasteiger partial charge in [-0.05, 0) is 20.5 Å². The first-order chi connectivity index (χ1) is 8.78. The van der Waals surface area contributed by atoms with Crippen LogP contribution < -0.4 is 4.89 Å². The van der Waals surface area contributed by atoms with E-state index in [4.69, 9.17) is 0 Å². The maximum Gasteiger partial charge on any atom is 0.333 e. The van der Waals surface area contributed by atoms with Crippen molar-refractivity contribution in [2.75, 3.05) is 40.0 Å². The Labute approximate surface area is 113 Å². The highest BCUT2D eigenvalue weighted by atomic mass is 31.2. The van der Waals surface area contributed by atoms with Crippen LogP contribution in [0.3, 0.4) is 0 Å². The summed E-state index contributed by atoms with van der Waals surface area (Å²) in [6.07, 6.45) is 0.